The highest BCUT2D eigenvalue weighted by Gasteiger charge is 2.11. The van der Waals surface area contributed by atoms with Crippen molar-refractivity contribution in [3.05, 3.63) is 64.9 Å². The van der Waals surface area contributed by atoms with E-state index in [4.69, 9.17) is 23.2 Å². The molecule has 0 saturated heterocycles. The molecule has 4 nitrogen and oxygen atoms in total. The lowest BCUT2D eigenvalue weighted by molar-refractivity contribution is 0.102. The van der Waals surface area contributed by atoms with Gasteiger partial charge in [0.15, 0.2) is 0 Å². The van der Waals surface area contributed by atoms with Crippen LogP contribution in [0.15, 0.2) is 49.3 Å². The molecular formula is C15H13Cl2N3O. The zero-order chi connectivity index (χ0) is 15.2. The summed E-state index contributed by atoms with van der Waals surface area (Å²) in [5, 5.41) is 6.46. The van der Waals surface area contributed by atoms with E-state index in [1.54, 1.807) is 36.5 Å². The summed E-state index contributed by atoms with van der Waals surface area (Å²) in [6.07, 6.45) is 4.83. The second-order valence-electron chi connectivity index (χ2n) is 4.19. The first-order valence-corrected chi connectivity index (χ1v) is 6.92. The molecule has 0 spiro atoms. The number of rotatable bonds is 5. The third-order valence-corrected chi connectivity index (χ3v) is 3.47. The van der Waals surface area contributed by atoms with E-state index >= 15 is 0 Å². The normalized spacial score (nSPS) is 10.0. The molecule has 2 aromatic rings. The second-order valence-corrected chi connectivity index (χ2v) is 4.97. The minimum atomic E-state index is -0.311. The van der Waals surface area contributed by atoms with Crippen molar-refractivity contribution in [3.63, 3.8) is 0 Å². The van der Waals surface area contributed by atoms with Crippen molar-refractivity contribution >= 4 is 40.5 Å². The van der Waals surface area contributed by atoms with Gasteiger partial charge in [0.05, 0.1) is 27.0 Å². The topological polar surface area (TPSA) is 54.0 Å². The molecule has 0 aliphatic heterocycles. The molecule has 1 aromatic heterocycles. The Morgan fingerprint density at radius 3 is 2.90 bits per heavy atom. The summed E-state index contributed by atoms with van der Waals surface area (Å²) in [5.74, 6) is -0.311. The van der Waals surface area contributed by atoms with Gasteiger partial charge in [-0.2, -0.15) is 0 Å². The van der Waals surface area contributed by atoms with E-state index in [0.29, 0.717) is 27.8 Å². The molecule has 21 heavy (non-hydrogen) atoms. The Kier molecular flexibility index (Phi) is 5.20. The third-order valence-electron chi connectivity index (χ3n) is 2.65. The van der Waals surface area contributed by atoms with E-state index in [-0.39, 0.29) is 5.91 Å². The summed E-state index contributed by atoms with van der Waals surface area (Å²) in [6, 6.07) is 6.74. The van der Waals surface area contributed by atoms with Crippen molar-refractivity contribution in [2.75, 3.05) is 17.2 Å². The van der Waals surface area contributed by atoms with Gasteiger partial charge in [0.25, 0.3) is 5.91 Å². The molecule has 2 N–H and O–H groups in total. The van der Waals surface area contributed by atoms with Gasteiger partial charge in [-0.1, -0.05) is 35.3 Å². The Bertz CT molecular complexity index is 674. The summed E-state index contributed by atoms with van der Waals surface area (Å²) >= 11 is 11.9. The quantitative estimate of drug-likeness (QED) is 0.810. The fourth-order valence-electron chi connectivity index (χ4n) is 1.65. The van der Waals surface area contributed by atoms with E-state index in [2.05, 4.69) is 22.2 Å². The Morgan fingerprint density at radius 2 is 2.14 bits per heavy atom. The van der Waals surface area contributed by atoms with Crippen LogP contribution in [0.5, 0.6) is 0 Å². The van der Waals surface area contributed by atoms with E-state index < -0.39 is 0 Å². The van der Waals surface area contributed by atoms with Gasteiger partial charge in [-0.3, -0.25) is 9.78 Å². The number of nitrogens with one attached hydrogen (secondary N) is 2. The maximum absolute atomic E-state index is 12.2. The number of carbonyl (C=O) groups is 1. The predicted molar refractivity (Wildman–Crippen MR) is 87.3 cm³/mol. The highest BCUT2D eigenvalue weighted by Crippen LogP contribution is 2.29. The maximum atomic E-state index is 12.2. The van der Waals surface area contributed by atoms with Crippen molar-refractivity contribution in [2.24, 2.45) is 0 Å². The van der Waals surface area contributed by atoms with Crippen molar-refractivity contribution in [1.82, 2.24) is 4.98 Å². The molecule has 0 aliphatic carbocycles. The SMILES string of the molecule is C=CCNc1cncc(C(=O)Nc2cccc(Cl)c2Cl)c1. The van der Waals surface area contributed by atoms with Gasteiger partial charge in [-0.05, 0) is 18.2 Å². The minimum absolute atomic E-state index is 0.307. The first-order chi connectivity index (χ1) is 10.1. The van der Waals surface area contributed by atoms with Crippen LogP contribution >= 0.6 is 23.2 Å². The Labute approximate surface area is 132 Å². The highest BCUT2D eigenvalue weighted by atomic mass is 35.5. The average molecular weight is 322 g/mol. The van der Waals surface area contributed by atoms with Crippen LogP contribution in [-0.2, 0) is 0 Å². The van der Waals surface area contributed by atoms with Crippen LogP contribution in [-0.4, -0.2) is 17.4 Å². The zero-order valence-electron chi connectivity index (χ0n) is 11.1. The Morgan fingerprint density at radius 1 is 1.33 bits per heavy atom. The number of nitrogens with zero attached hydrogens (tertiary/aromatic N) is 1. The lowest BCUT2D eigenvalue weighted by Crippen LogP contribution is -2.13. The molecule has 0 aliphatic rings. The van der Waals surface area contributed by atoms with Gasteiger partial charge in [-0.25, -0.2) is 0 Å². The summed E-state index contributed by atoms with van der Waals surface area (Å²) in [4.78, 5) is 16.2. The number of amides is 1. The number of hydrogen-bond donors (Lipinski definition) is 2. The van der Waals surface area contributed by atoms with Crippen LogP contribution in [0.1, 0.15) is 10.4 Å². The van der Waals surface area contributed by atoms with Gasteiger partial charge < -0.3 is 10.6 Å². The summed E-state index contributed by atoms with van der Waals surface area (Å²) < 4.78 is 0. The lowest BCUT2D eigenvalue weighted by atomic mass is 10.2. The van der Waals surface area contributed by atoms with Crippen LogP contribution in [0.4, 0.5) is 11.4 Å². The molecule has 0 saturated carbocycles. The fourth-order valence-corrected chi connectivity index (χ4v) is 1.99. The van der Waals surface area contributed by atoms with Crippen LogP contribution in [0, 0.1) is 0 Å². The molecule has 1 aromatic carbocycles. The highest BCUT2D eigenvalue weighted by molar-refractivity contribution is 6.44. The Balaban J connectivity index is 2.16. The number of anilines is 2. The first kappa shape index (κ1) is 15.4. The molecule has 0 unspecified atom stereocenters. The first-order valence-electron chi connectivity index (χ1n) is 6.17. The number of pyridine rings is 1. The van der Waals surface area contributed by atoms with Crippen LogP contribution in [0.25, 0.3) is 0 Å². The third kappa shape index (κ3) is 3.97. The van der Waals surface area contributed by atoms with Gasteiger partial charge in [-0.15, -0.1) is 6.58 Å². The number of carbonyl (C=O) groups excluding carboxylic acids is 1. The molecule has 1 amide bonds. The number of halogens is 2. The minimum Gasteiger partial charge on any atom is -0.380 e. The van der Waals surface area contributed by atoms with E-state index in [1.807, 2.05) is 0 Å². The average Bonchev–Trinajstić information content (AvgIpc) is 2.50. The predicted octanol–water partition coefficient (Wildman–Crippen LogP) is 4.24. The molecule has 0 atom stereocenters. The molecule has 108 valence electrons. The number of aromatic nitrogens is 1. The van der Waals surface area contributed by atoms with E-state index in [0.717, 1.165) is 5.69 Å². The van der Waals surface area contributed by atoms with Crippen LogP contribution in [0.3, 0.4) is 0 Å². The van der Waals surface area contributed by atoms with Crippen LogP contribution in [0.2, 0.25) is 10.0 Å². The van der Waals surface area contributed by atoms with Crippen molar-refractivity contribution in [3.8, 4) is 0 Å². The molecule has 0 fully saturated rings. The van der Waals surface area contributed by atoms with Gasteiger partial charge in [0.2, 0.25) is 0 Å². The summed E-state index contributed by atoms with van der Waals surface area (Å²) in [7, 11) is 0. The van der Waals surface area contributed by atoms with Crippen LogP contribution < -0.4 is 10.6 Å². The lowest BCUT2D eigenvalue weighted by Gasteiger charge is -2.09. The molecular weight excluding hydrogens is 309 g/mol. The van der Waals surface area contributed by atoms with Gasteiger partial charge >= 0.3 is 0 Å². The largest absolute Gasteiger partial charge is 0.380 e. The summed E-state index contributed by atoms with van der Waals surface area (Å²) in [6.45, 7) is 4.21. The van der Waals surface area contributed by atoms with Crippen molar-refractivity contribution < 1.29 is 4.79 Å². The Hall–Kier alpha value is -2.04. The molecule has 6 heteroatoms. The molecule has 0 bridgehead atoms. The fraction of sp³-hybridized carbons (Fsp3) is 0.0667. The molecule has 1 heterocycles. The van der Waals surface area contributed by atoms with Crippen molar-refractivity contribution in [1.29, 1.82) is 0 Å². The summed E-state index contributed by atoms with van der Waals surface area (Å²) in [5.41, 5.74) is 1.61. The van der Waals surface area contributed by atoms with Crippen molar-refractivity contribution in [2.45, 2.75) is 0 Å². The number of benzene rings is 1. The monoisotopic (exact) mass is 321 g/mol. The maximum Gasteiger partial charge on any atom is 0.257 e. The smallest absolute Gasteiger partial charge is 0.257 e. The number of hydrogen-bond acceptors (Lipinski definition) is 3. The second kappa shape index (κ2) is 7.11. The molecule has 0 radical (unpaired) electrons. The van der Waals surface area contributed by atoms with E-state index in [1.165, 1.54) is 6.20 Å². The van der Waals surface area contributed by atoms with E-state index in [9.17, 15) is 4.79 Å². The van der Waals surface area contributed by atoms with Gasteiger partial charge in [0, 0.05) is 18.9 Å². The standard InChI is InChI=1S/C15H13Cl2N3O/c1-2-6-19-11-7-10(8-18-9-11)15(21)20-13-5-3-4-12(16)14(13)17/h2-5,7-9,19H,1,6H2,(H,20,21). The zero-order valence-corrected chi connectivity index (χ0v) is 12.6. The van der Waals surface area contributed by atoms with Gasteiger partial charge in [0.1, 0.15) is 0 Å². The molecule has 2 rings (SSSR count).